The van der Waals surface area contributed by atoms with Crippen LogP contribution in [-0.4, -0.2) is 35.1 Å². The molecule has 0 amide bonds. The van der Waals surface area contributed by atoms with Gasteiger partial charge in [-0.15, -0.1) is 0 Å². The molecule has 4 heteroatoms. The molecule has 0 aromatic carbocycles. The van der Waals surface area contributed by atoms with Gasteiger partial charge >= 0.3 is 0 Å². The van der Waals surface area contributed by atoms with E-state index in [-0.39, 0.29) is 5.60 Å². The molecule has 0 bridgehead atoms. The summed E-state index contributed by atoms with van der Waals surface area (Å²) in [6.07, 6.45) is 9.98. The number of hydrogen-bond acceptors (Lipinski definition) is 3. The molecule has 0 radical (unpaired) electrons. The molecule has 114 valence electrons. The molecule has 1 aliphatic carbocycles. The van der Waals surface area contributed by atoms with Crippen LogP contribution in [0.5, 0.6) is 0 Å². The average molecular weight is 279 g/mol. The molecule has 1 heterocycles. The molecular weight excluding hydrogens is 250 g/mol. The van der Waals surface area contributed by atoms with E-state index in [0.29, 0.717) is 6.04 Å². The Hall–Kier alpha value is -0.870. The fourth-order valence-electron chi connectivity index (χ4n) is 3.74. The lowest BCUT2D eigenvalue weighted by Gasteiger charge is -2.45. The molecule has 1 aromatic heterocycles. The molecule has 1 aliphatic rings. The van der Waals surface area contributed by atoms with Gasteiger partial charge in [0.2, 0.25) is 0 Å². The van der Waals surface area contributed by atoms with Gasteiger partial charge in [-0.05, 0) is 44.7 Å². The van der Waals surface area contributed by atoms with E-state index in [4.69, 9.17) is 4.74 Å². The van der Waals surface area contributed by atoms with Crippen LogP contribution in [0, 0.1) is 5.92 Å². The lowest BCUT2D eigenvalue weighted by molar-refractivity contribution is -0.0988. The van der Waals surface area contributed by atoms with Gasteiger partial charge in [0.15, 0.2) is 0 Å². The number of aromatic nitrogens is 2. The summed E-state index contributed by atoms with van der Waals surface area (Å²) >= 11 is 0. The quantitative estimate of drug-likeness (QED) is 0.870. The number of hydrogen-bond donors (Lipinski definition) is 1. The zero-order valence-electron chi connectivity index (χ0n) is 13.4. The van der Waals surface area contributed by atoms with Gasteiger partial charge in [0.25, 0.3) is 0 Å². The van der Waals surface area contributed by atoms with Crippen molar-refractivity contribution < 1.29 is 4.74 Å². The highest BCUT2D eigenvalue weighted by atomic mass is 16.5. The molecular formula is C16H29N3O. The molecule has 1 aromatic rings. The third kappa shape index (κ3) is 3.41. The van der Waals surface area contributed by atoms with Gasteiger partial charge in [-0.2, -0.15) is 5.10 Å². The zero-order chi connectivity index (χ0) is 14.6. The molecule has 20 heavy (non-hydrogen) atoms. The minimum absolute atomic E-state index is 0.0169. The van der Waals surface area contributed by atoms with E-state index in [2.05, 4.69) is 37.5 Å². The van der Waals surface area contributed by atoms with Crippen molar-refractivity contribution in [2.75, 3.05) is 13.7 Å². The van der Waals surface area contributed by atoms with E-state index in [9.17, 15) is 0 Å². The first-order valence-electron chi connectivity index (χ1n) is 7.88. The maximum absolute atomic E-state index is 6.28. The lowest BCUT2D eigenvalue weighted by Crippen LogP contribution is -2.55. The number of aryl methyl sites for hydroxylation is 1. The molecule has 3 atom stereocenters. The second kappa shape index (κ2) is 6.72. The highest BCUT2D eigenvalue weighted by Gasteiger charge is 2.42. The Morgan fingerprint density at radius 1 is 1.60 bits per heavy atom. The maximum Gasteiger partial charge on any atom is 0.0840 e. The Labute approximate surface area is 122 Å². The number of nitrogens with one attached hydrogen (secondary N) is 1. The second-order valence-electron chi connectivity index (χ2n) is 6.27. The van der Waals surface area contributed by atoms with Crippen molar-refractivity contribution in [2.45, 2.75) is 57.6 Å². The van der Waals surface area contributed by atoms with E-state index in [1.807, 2.05) is 17.9 Å². The molecule has 0 saturated heterocycles. The third-order valence-electron chi connectivity index (χ3n) is 4.60. The van der Waals surface area contributed by atoms with Gasteiger partial charge in [0.1, 0.15) is 0 Å². The molecule has 3 unspecified atom stereocenters. The Balaban J connectivity index is 2.15. The van der Waals surface area contributed by atoms with E-state index in [1.165, 1.54) is 18.4 Å². The highest BCUT2D eigenvalue weighted by molar-refractivity contribution is 5.10. The fraction of sp³-hybridized carbons (Fsp3) is 0.812. The highest BCUT2D eigenvalue weighted by Crippen LogP contribution is 2.38. The largest absolute Gasteiger partial charge is 0.374 e. The molecule has 0 spiro atoms. The van der Waals surface area contributed by atoms with Gasteiger partial charge in [0.05, 0.1) is 11.8 Å². The van der Waals surface area contributed by atoms with Crippen molar-refractivity contribution in [3.8, 4) is 0 Å². The Bertz CT molecular complexity index is 414. The minimum atomic E-state index is -0.0169. The van der Waals surface area contributed by atoms with E-state index < -0.39 is 0 Å². The van der Waals surface area contributed by atoms with E-state index in [1.54, 1.807) is 0 Å². The summed E-state index contributed by atoms with van der Waals surface area (Å²) in [6.45, 7) is 5.25. The first-order chi connectivity index (χ1) is 9.59. The van der Waals surface area contributed by atoms with Gasteiger partial charge in [-0.3, -0.25) is 4.68 Å². The summed E-state index contributed by atoms with van der Waals surface area (Å²) in [5.74, 6) is 0.750. The summed E-state index contributed by atoms with van der Waals surface area (Å²) in [5.41, 5.74) is 1.26. The van der Waals surface area contributed by atoms with Crippen LogP contribution < -0.4 is 5.32 Å². The molecule has 0 aliphatic heterocycles. The molecule has 2 rings (SSSR count). The number of nitrogens with zero attached hydrogens (tertiary/aromatic N) is 2. The second-order valence-corrected chi connectivity index (χ2v) is 6.27. The Morgan fingerprint density at radius 2 is 2.40 bits per heavy atom. The van der Waals surface area contributed by atoms with Crippen LogP contribution in [0.25, 0.3) is 0 Å². The van der Waals surface area contributed by atoms with Crippen LogP contribution in [0.15, 0.2) is 12.4 Å². The van der Waals surface area contributed by atoms with Crippen LogP contribution >= 0.6 is 0 Å². The van der Waals surface area contributed by atoms with Crippen LogP contribution in [0.4, 0.5) is 0 Å². The normalized spacial score (nSPS) is 28.5. The molecule has 1 fully saturated rings. The standard InChI is InChI=1S/C16H29N3O/c1-5-20-16(8-6-7-13(2)10-16)15(17-3)9-14-11-18-19(4)12-14/h11-13,15,17H,5-10H2,1-4H3. The summed E-state index contributed by atoms with van der Waals surface area (Å²) in [5, 5.41) is 7.79. The monoisotopic (exact) mass is 279 g/mol. The van der Waals surface area contributed by atoms with Crippen LogP contribution in [0.3, 0.4) is 0 Å². The van der Waals surface area contributed by atoms with Gasteiger partial charge in [0, 0.05) is 25.9 Å². The van der Waals surface area contributed by atoms with Crippen molar-refractivity contribution in [1.82, 2.24) is 15.1 Å². The van der Waals surface area contributed by atoms with Crippen molar-refractivity contribution in [2.24, 2.45) is 13.0 Å². The Kier molecular flexibility index (Phi) is 5.22. The Morgan fingerprint density at radius 3 is 2.95 bits per heavy atom. The van der Waals surface area contributed by atoms with Crippen LogP contribution in [0.1, 0.15) is 45.1 Å². The van der Waals surface area contributed by atoms with E-state index in [0.717, 1.165) is 31.8 Å². The smallest absolute Gasteiger partial charge is 0.0840 e. The van der Waals surface area contributed by atoms with Crippen molar-refractivity contribution >= 4 is 0 Å². The maximum atomic E-state index is 6.28. The summed E-state index contributed by atoms with van der Waals surface area (Å²) in [7, 11) is 4.03. The SMILES string of the molecule is CCOC1(C(Cc2cnn(C)c2)NC)CCCC(C)C1. The number of likely N-dealkylation sites (N-methyl/N-ethyl adjacent to an activating group) is 1. The molecule has 4 nitrogen and oxygen atoms in total. The summed E-state index contributed by atoms with van der Waals surface area (Å²) < 4.78 is 8.16. The van der Waals surface area contributed by atoms with Crippen LogP contribution in [-0.2, 0) is 18.2 Å². The van der Waals surface area contributed by atoms with Gasteiger partial charge in [-0.25, -0.2) is 0 Å². The summed E-state index contributed by atoms with van der Waals surface area (Å²) in [6, 6.07) is 0.356. The topological polar surface area (TPSA) is 39.1 Å². The fourth-order valence-corrected chi connectivity index (χ4v) is 3.74. The first-order valence-corrected chi connectivity index (χ1v) is 7.88. The number of rotatable bonds is 6. The first kappa shape index (κ1) is 15.5. The van der Waals surface area contributed by atoms with Crippen molar-refractivity contribution in [1.29, 1.82) is 0 Å². The minimum Gasteiger partial charge on any atom is -0.374 e. The third-order valence-corrected chi connectivity index (χ3v) is 4.60. The zero-order valence-corrected chi connectivity index (χ0v) is 13.4. The van der Waals surface area contributed by atoms with Gasteiger partial charge < -0.3 is 10.1 Å². The number of ether oxygens (including phenoxy) is 1. The van der Waals surface area contributed by atoms with E-state index >= 15 is 0 Å². The predicted molar refractivity (Wildman–Crippen MR) is 81.7 cm³/mol. The van der Waals surface area contributed by atoms with Crippen molar-refractivity contribution in [3.05, 3.63) is 18.0 Å². The van der Waals surface area contributed by atoms with Gasteiger partial charge in [-0.1, -0.05) is 19.8 Å². The lowest BCUT2D eigenvalue weighted by atomic mass is 9.73. The van der Waals surface area contributed by atoms with Crippen molar-refractivity contribution in [3.63, 3.8) is 0 Å². The van der Waals surface area contributed by atoms with Crippen LogP contribution in [0.2, 0.25) is 0 Å². The predicted octanol–water partition coefficient (Wildman–Crippen LogP) is 2.54. The summed E-state index contributed by atoms with van der Waals surface area (Å²) in [4.78, 5) is 0. The average Bonchev–Trinajstić information content (AvgIpc) is 2.82. The molecule has 1 N–H and O–H groups in total. The molecule has 1 saturated carbocycles.